The molecule has 1 aliphatic heterocycles. The Balaban J connectivity index is 0.00000304. The Morgan fingerprint density at radius 1 is 0.917 bits per heavy atom. The molecule has 8 heteroatoms. The van der Waals surface area contributed by atoms with E-state index in [9.17, 15) is 18.0 Å². The summed E-state index contributed by atoms with van der Waals surface area (Å²) in [6.07, 6.45) is 6.17. The molecule has 2 bridgehead atoms. The Morgan fingerprint density at radius 2 is 1.64 bits per heavy atom. The van der Waals surface area contributed by atoms with Gasteiger partial charge in [0.05, 0.1) is 10.5 Å². The lowest BCUT2D eigenvalue weighted by Crippen LogP contribution is -2.41. The number of hydrogen-bond donors (Lipinski definition) is 2. The molecule has 5 rings (SSSR count). The van der Waals surface area contributed by atoms with Gasteiger partial charge in [0.15, 0.2) is 0 Å². The van der Waals surface area contributed by atoms with Gasteiger partial charge in [0, 0.05) is 29.2 Å². The van der Waals surface area contributed by atoms with E-state index in [4.69, 9.17) is 5.11 Å². The van der Waals surface area contributed by atoms with Gasteiger partial charge in [-0.25, -0.2) is 13.2 Å². The first kappa shape index (κ1) is 25.9. The van der Waals surface area contributed by atoms with Crippen LogP contribution in [0.3, 0.4) is 0 Å². The Morgan fingerprint density at radius 3 is 2.39 bits per heavy atom. The van der Waals surface area contributed by atoms with Crippen LogP contribution < -0.4 is 5.32 Å². The molecule has 2 fully saturated rings. The number of carboxylic acids is 1. The van der Waals surface area contributed by atoms with Crippen molar-refractivity contribution in [2.75, 3.05) is 11.9 Å². The van der Waals surface area contributed by atoms with Crippen LogP contribution in [0.1, 0.15) is 66.7 Å². The summed E-state index contributed by atoms with van der Waals surface area (Å²) in [6.45, 7) is 0.568. The molecule has 0 radical (unpaired) electrons. The fraction of sp³-hybridized carbons (Fsp3) is 0.357. The van der Waals surface area contributed by atoms with Crippen molar-refractivity contribution < 1.29 is 23.1 Å². The lowest BCUT2D eigenvalue weighted by molar-refractivity contribution is 0.0696. The molecular weight excluding hydrogens is 476 g/mol. The van der Waals surface area contributed by atoms with E-state index in [1.807, 2.05) is 6.07 Å². The minimum atomic E-state index is -3.62. The lowest BCUT2D eigenvalue weighted by atomic mass is 9.84. The van der Waals surface area contributed by atoms with Crippen molar-refractivity contribution >= 4 is 38.4 Å². The van der Waals surface area contributed by atoms with Crippen LogP contribution in [0, 0.1) is 5.92 Å². The molecule has 1 aliphatic carbocycles. The fourth-order valence-corrected chi connectivity index (χ4v) is 7.19. The van der Waals surface area contributed by atoms with E-state index in [0.717, 1.165) is 42.9 Å². The summed E-state index contributed by atoms with van der Waals surface area (Å²) in [6, 6.07) is 16.2. The van der Waals surface area contributed by atoms with Crippen LogP contribution in [0.4, 0.5) is 5.69 Å². The third-order valence-corrected chi connectivity index (χ3v) is 9.20. The monoisotopic (exact) mass is 508 g/mol. The predicted octanol–water partition coefficient (Wildman–Crippen LogP) is 5.77. The first-order valence-electron chi connectivity index (χ1n) is 12.0. The second kappa shape index (κ2) is 10.4. The summed E-state index contributed by atoms with van der Waals surface area (Å²) in [5.74, 6) is -0.792. The van der Waals surface area contributed by atoms with Crippen molar-refractivity contribution in [1.29, 1.82) is 0 Å². The number of benzene rings is 3. The highest BCUT2D eigenvalue weighted by Gasteiger charge is 2.36. The first-order chi connectivity index (χ1) is 16.8. The summed E-state index contributed by atoms with van der Waals surface area (Å²) in [5.41, 5.74) is 0.996. The largest absolute Gasteiger partial charge is 0.478 e. The molecule has 0 spiro atoms. The molecule has 190 valence electrons. The topological polar surface area (TPSA) is 104 Å². The summed E-state index contributed by atoms with van der Waals surface area (Å²) in [5, 5.41) is 13.4. The zero-order valence-electron chi connectivity index (χ0n) is 19.3. The number of rotatable bonds is 5. The zero-order valence-corrected chi connectivity index (χ0v) is 20.1. The molecule has 1 saturated carbocycles. The number of carbonyl (C=O) groups is 2. The number of hydrogen-bond acceptors (Lipinski definition) is 4. The number of aromatic carboxylic acids is 1. The summed E-state index contributed by atoms with van der Waals surface area (Å²) >= 11 is 0. The first-order valence-corrected chi connectivity index (χ1v) is 13.5. The molecule has 1 amide bonds. The van der Waals surface area contributed by atoms with Crippen molar-refractivity contribution in [2.24, 2.45) is 5.92 Å². The molecule has 2 atom stereocenters. The van der Waals surface area contributed by atoms with Gasteiger partial charge in [-0.15, -0.1) is 0 Å². The standard InChI is InChI=1S/C27H28N2O5S.CH4/c30-26(19-9-11-20(12-10-19)27(31)32)28-25-8-2-6-21-17-23(13-14-24(21)25)35(33,34)29-15-3-5-18-4-1-7-22(29)16-18;/h2,6,8-14,17-18,22H,1,3-5,7,15-16H2,(H,28,30)(H,31,32);1H4. The maximum absolute atomic E-state index is 13.6. The van der Waals surface area contributed by atoms with E-state index in [2.05, 4.69) is 5.32 Å². The van der Waals surface area contributed by atoms with Crippen LogP contribution in [0.2, 0.25) is 0 Å². The molecule has 2 aliphatic rings. The Kier molecular flexibility index (Phi) is 7.47. The average molecular weight is 509 g/mol. The van der Waals surface area contributed by atoms with E-state index in [1.165, 1.54) is 30.7 Å². The second-order valence-corrected chi connectivity index (χ2v) is 11.4. The fourth-order valence-electron chi connectivity index (χ4n) is 5.45. The van der Waals surface area contributed by atoms with Crippen molar-refractivity contribution in [3.8, 4) is 0 Å². The van der Waals surface area contributed by atoms with Gasteiger partial charge in [0.1, 0.15) is 0 Å². The number of carboxylic acid groups (broad SMARTS) is 1. The highest BCUT2D eigenvalue weighted by Crippen LogP contribution is 2.37. The summed E-state index contributed by atoms with van der Waals surface area (Å²) < 4.78 is 29.0. The Labute approximate surface area is 212 Å². The molecule has 0 aromatic heterocycles. The van der Waals surface area contributed by atoms with Crippen LogP contribution in [-0.2, 0) is 10.0 Å². The van der Waals surface area contributed by atoms with Crippen LogP contribution in [0.15, 0.2) is 65.6 Å². The Hall–Kier alpha value is -3.23. The van der Waals surface area contributed by atoms with Gasteiger partial charge in [0.25, 0.3) is 5.91 Å². The summed E-state index contributed by atoms with van der Waals surface area (Å²) in [7, 11) is -3.62. The van der Waals surface area contributed by atoms with Crippen LogP contribution in [0.25, 0.3) is 10.8 Å². The minimum Gasteiger partial charge on any atom is -0.478 e. The number of nitrogens with one attached hydrogen (secondary N) is 1. The maximum Gasteiger partial charge on any atom is 0.335 e. The van der Waals surface area contributed by atoms with Crippen LogP contribution in [0.5, 0.6) is 0 Å². The predicted molar refractivity (Wildman–Crippen MR) is 141 cm³/mol. The third-order valence-electron chi connectivity index (χ3n) is 7.25. The maximum atomic E-state index is 13.6. The molecule has 2 N–H and O–H groups in total. The third kappa shape index (κ3) is 5.01. The van der Waals surface area contributed by atoms with Crippen molar-refractivity contribution in [3.63, 3.8) is 0 Å². The normalized spacial score (nSPS) is 20.2. The molecule has 7 nitrogen and oxygen atoms in total. The number of amides is 1. The quantitative estimate of drug-likeness (QED) is 0.455. The van der Waals surface area contributed by atoms with Crippen LogP contribution >= 0.6 is 0 Å². The highest BCUT2D eigenvalue weighted by atomic mass is 32.2. The summed E-state index contributed by atoms with van der Waals surface area (Å²) in [4.78, 5) is 24.1. The van der Waals surface area contributed by atoms with E-state index >= 15 is 0 Å². The second-order valence-electron chi connectivity index (χ2n) is 9.47. The molecule has 36 heavy (non-hydrogen) atoms. The van der Waals surface area contributed by atoms with E-state index < -0.39 is 16.0 Å². The van der Waals surface area contributed by atoms with Gasteiger partial charge >= 0.3 is 5.97 Å². The number of anilines is 1. The van der Waals surface area contributed by atoms with Crippen molar-refractivity contribution in [3.05, 3.63) is 71.8 Å². The number of fused-ring (bicyclic) bond motifs is 3. The molecular formula is C28H32N2O5S. The molecule has 2 unspecified atom stereocenters. The smallest absolute Gasteiger partial charge is 0.335 e. The van der Waals surface area contributed by atoms with Crippen molar-refractivity contribution in [2.45, 2.75) is 56.9 Å². The van der Waals surface area contributed by atoms with Gasteiger partial charge in [-0.05, 0) is 79.5 Å². The van der Waals surface area contributed by atoms with Gasteiger partial charge in [-0.3, -0.25) is 4.79 Å². The van der Waals surface area contributed by atoms with E-state index in [-0.39, 0.29) is 29.8 Å². The molecule has 1 heterocycles. The van der Waals surface area contributed by atoms with Gasteiger partial charge in [-0.2, -0.15) is 4.31 Å². The lowest BCUT2D eigenvalue weighted by Gasteiger charge is -2.33. The van der Waals surface area contributed by atoms with Gasteiger partial charge in [-0.1, -0.05) is 38.5 Å². The SMILES string of the molecule is C.O=C(O)c1ccc(C(=O)Nc2cccc3cc(S(=O)(=O)N4CCCC5CCCC4C5)ccc23)cc1. The minimum absolute atomic E-state index is 0. The highest BCUT2D eigenvalue weighted by molar-refractivity contribution is 7.89. The van der Waals surface area contributed by atoms with Gasteiger partial charge < -0.3 is 10.4 Å². The van der Waals surface area contributed by atoms with E-state index in [1.54, 1.807) is 34.6 Å². The van der Waals surface area contributed by atoms with E-state index in [0.29, 0.717) is 23.7 Å². The van der Waals surface area contributed by atoms with Crippen LogP contribution in [-0.4, -0.2) is 42.3 Å². The zero-order chi connectivity index (χ0) is 24.6. The average Bonchev–Trinajstić information content (AvgIpc) is 3.01. The molecule has 3 aromatic rings. The molecule has 3 aromatic carbocycles. The van der Waals surface area contributed by atoms with Crippen molar-refractivity contribution in [1.82, 2.24) is 4.31 Å². The number of sulfonamides is 1. The number of carbonyl (C=O) groups excluding carboxylic acids is 1. The number of nitrogens with zero attached hydrogens (tertiary/aromatic N) is 1. The molecule has 1 saturated heterocycles. The Bertz CT molecular complexity index is 1380. The van der Waals surface area contributed by atoms with Gasteiger partial charge in [0.2, 0.25) is 10.0 Å².